The van der Waals surface area contributed by atoms with Crippen molar-refractivity contribution < 1.29 is 28.7 Å². The van der Waals surface area contributed by atoms with Crippen LogP contribution in [-0.4, -0.2) is 64.4 Å². The van der Waals surface area contributed by atoms with E-state index in [1.807, 2.05) is 41.5 Å². The van der Waals surface area contributed by atoms with Gasteiger partial charge in [-0.1, -0.05) is 25.5 Å². The molecular weight excluding hydrogens is 473 g/mol. The molecule has 37 heavy (non-hydrogen) atoms. The molecule has 1 N–H and O–H groups in total. The summed E-state index contributed by atoms with van der Waals surface area (Å²) in [7, 11) is 0. The number of fused-ring (bicyclic) bond motifs is 5. The Morgan fingerprint density at radius 1 is 1.22 bits per heavy atom. The molecule has 8 atom stereocenters. The van der Waals surface area contributed by atoms with Crippen LogP contribution in [0.1, 0.15) is 80.1 Å². The Balaban J connectivity index is 1.53. The molecule has 0 aromatic carbocycles. The van der Waals surface area contributed by atoms with Gasteiger partial charge in [0.1, 0.15) is 12.3 Å². The standard InChI is InChI=1S/C30H44FNO5/c1-19-17-28(6)23(22-10-9-20-15-21(33)11-12-27(20,5)29(19,22)31)16-25(37-26(2,3)4)30(28,35)24(34)18-36-32-13-7-8-14-32/h11-12,15,19,22-23,25,35H,7-10,13-14,16-18H2,1-6H3/t19-,22?,23?,25+,27?,28?,29+,30+/m0/s1. The van der Waals surface area contributed by atoms with Gasteiger partial charge in [0.05, 0.1) is 11.7 Å². The van der Waals surface area contributed by atoms with E-state index >= 15 is 4.39 Å². The molecule has 5 rings (SSSR count). The molecule has 4 fully saturated rings. The first kappa shape index (κ1) is 27.2. The smallest absolute Gasteiger partial charge is 0.195 e. The molecule has 1 saturated heterocycles. The van der Waals surface area contributed by atoms with Crippen LogP contribution in [-0.2, 0) is 19.2 Å². The molecule has 206 valence electrons. The van der Waals surface area contributed by atoms with Crippen molar-refractivity contribution in [2.24, 2.45) is 28.6 Å². The number of hydrogen-bond donors (Lipinski definition) is 1. The van der Waals surface area contributed by atoms with E-state index in [2.05, 4.69) is 0 Å². The summed E-state index contributed by atoms with van der Waals surface area (Å²) in [5, 5.41) is 14.3. The molecule has 7 heteroatoms. The average Bonchev–Trinajstić information content (AvgIpc) is 3.40. The van der Waals surface area contributed by atoms with Crippen LogP contribution in [0.5, 0.6) is 0 Å². The number of allylic oxidation sites excluding steroid dienone is 4. The number of hydrogen-bond acceptors (Lipinski definition) is 6. The molecule has 3 saturated carbocycles. The number of halogens is 1. The van der Waals surface area contributed by atoms with E-state index in [-0.39, 0.29) is 30.0 Å². The molecule has 0 aromatic rings. The summed E-state index contributed by atoms with van der Waals surface area (Å²) in [6.07, 6.45) is 8.19. The van der Waals surface area contributed by atoms with Crippen molar-refractivity contribution in [3.8, 4) is 0 Å². The molecule has 0 aromatic heterocycles. The number of aliphatic hydroxyl groups is 1. The highest BCUT2D eigenvalue weighted by molar-refractivity contribution is 6.01. The maximum atomic E-state index is 17.7. The maximum Gasteiger partial charge on any atom is 0.195 e. The van der Waals surface area contributed by atoms with Gasteiger partial charge in [-0.15, -0.1) is 0 Å². The summed E-state index contributed by atoms with van der Waals surface area (Å²) in [6, 6.07) is 0. The summed E-state index contributed by atoms with van der Waals surface area (Å²) in [4.78, 5) is 31.9. The van der Waals surface area contributed by atoms with Gasteiger partial charge in [-0.05, 0) is 96.1 Å². The first-order chi connectivity index (χ1) is 17.2. The molecule has 0 amide bonds. The molecule has 0 radical (unpaired) electrons. The molecule has 1 heterocycles. The number of nitrogens with zero attached hydrogens (tertiary/aromatic N) is 1. The fraction of sp³-hybridized carbons (Fsp3) is 0.800. The number of hydroxylamine groups is 2. The van der Waals surface area contributed by atoms with Crippen LogP contribution in [0, 0.1) is 28.6 Å². The Labute approximate surface area is 220 Å². The summed E-state index contributed by atoms with van der Waals surface area (Å²) < 4.78 is 24.1. The van der Waals surface area contributed by atoms with Crippen LogP contribution in [0.3, 0.4) is 0 Å². The largest absolute Gasteiger partial charge is 0.379 e. The molecule has 1 aliphatic heterocycles. The number of alkyl halides is 1. The molecule has 0 spiro atoms. The number of rotatable bonds is 5. The van der Waals surface area contributed by atoms with E-state index in [9.17, 15) is 14.7 Å². The minimum absolute atomic E-state index is 0.0830. The van der Waals surface area contributed by atoms with E-state index in [1.54, 1.807) is 17.2 Å². The van der Waals surface area contributed by atoms with Crippen LogP contribution in [0.4, 0.5) is 4.39 Å². The summed E-state index contributed by atoms with van der Waals surface area (Å²) in [5.74, 6) is -1.50. The van der Waals surface area contributed by atoms with Gasteiger partial charge in [0.25, 0.3) is 0 Å². The highest BCUT2D eigenvalue weighted by Gasteiger charge is 2.76. The molecule has 0 bridgehead atoms. The maximum absolute atomic E-state index is 17.7. The molecule has 5 aliphatic rings. The topological polar surface area (TPSA) is 76.1 Å². The van der Waals surface area contributed by atoms with E-state index in [0.717, 1.165) is 31.5 Å². The van der Waals surface area contributed by atoms with Crippen molar-refractivity contribution >= 4 is 11.6 Å². The number of ketones is 2. The van der Waals surface area contributed by atoms with Gasteiger partial charge in [0.2, 0.25) is 0 Å². The van der Waals surface area contributed by atoms with E-state index in [1.165, 1.54) is 6.08 Å². The van der Waals surface area contributed by atoms with Gasteiger partial charge < -0.3 is 9.84 Å². The van der Waals surface area contributed by atoms with Crippen LogP contribution in [0.15, 0.2) is 23.8 Å². The van der Waals surface area contributed by atoms with Gasteiger partial charge in [-0.3, -0.25) is 14.4 Å². The Morgan fingerprint density at radius 3 is 2.54 bits per heavy atom. The highest BCUT2D eigenvalue weighted by atomic mass is 19.1. The zero-order valence-electron chi connectivity index (χ0n) is 23.3. The number of carbonyl (C=O) groups excluding carboxylic acids is 2. The lowest BCUT2D eigenvalue weighted by Gasteiger charge is -2.63. The summed E-state index contributed by atoms with van der Waals surface area (Å²) >= 11 is 0. The van der Waals surface area contributed by atoms with Crippen molar-refractivity contribution in [1.29, 1.82) is 0 Å². The Hall–Kier alpha value is -1.41. The molecule has 4 aliphatic carbocycles. The Bertz CT molecular complexity index is 1030. The minimum atomic E-state index is -1.78. The third-order valence-electron chi connectivity index (χ3n) is 10.5. The van der Waals surface area contributed by atoms with Crippen molar-refractivity contribution in [1.82, 2.24) is 5.06 Å². The molecule has 4 unspecified atom stereocenters. The van der Waals surface area contributed by atoms with E-state index in [0.29, 0.717) is 25.7 Å². The van der Waals surface area contributed by atoms with Crippen molar-refractivity contribution in [2.75, 3.05) is 19.7 Å². The third kappa shape index (κ3) is 3.86. The van der Waals surface area contributed by atoms with Crippen LogP contribution >= 0.6 is 0 Å². The first-order valence-electron chi connectivity index (χ1n) is 14.1. The van der Waals surface area contributed by atoms with Gasteiger partial charge in [0, 0.05) is 23.9 Å². The van der Waals surface area contributed by atoms with Crippen LogP contribution < -0.4 is 0 Å². The number of ether oxygens (including phenoxy) is 1. The minimum Gasteiger partial charge on any atom is -0.379 e. The monoisotopic (exact) mass is 517 g/mol. The highest BCUT2D eigenvalue weighted by Crippen LogP contribution is 2.71. The predicted octanol–water partition coefficient (Wildman–Crippen LogP) is 4.75. The zero-order chi connectivity index (χ0) is 27.0. The fourth-order valence-electron chi connectivity index (χ4n) is 8.86. The van der Waals surface area contributed by atoms with Crippen molar-refractivity contribution in [3.05, 3.63) is 23.8 Å². The predicted molar refractivity (Wildman–Crippen MR) is 138 cm³/mol. The second-order valence-electron chi connectivity index (χ2n) is 13.7. The number of carbonyl (C=O) groups is 2. The first-order valence-corrected chi connectivity index (χ1v) is 14.1. The summed E-state index contributed by atoms with van der Waals surface area (Å²) in [5.41, 5.74) is -4.84. The zero-order valence-corrected chi connectivity index (χ0v) is 23.3. The average molecular weight is 518 g/mol. The van der Waals surface area contributed by atoms with Gasteiger partial charge in [-0.2, -0.15) is 5.06 Å². The SMILES string of the molecule is C[C@H]1CC2(C)C(C[C@@H](OC(C)(C)C)[C@]2(O)C(=O)CON2CCCC2)C2CCC3=CC(=O)C=CC3(C)[C@]21F. The third-order valence-corrected chi connectivity index (χ3v) is 10.5. The quantitative estimate of drug-likeness (QED) is 0.567. The van der Waals surface area contributed by atoms with Crippen molar-refractivity contribution in [2.45, 2.75) is 103 Å². The lowest BCUT2D eigenvalue weighted by molar-refractivity contribution is -0.222. The Kier molecular flexibility index (Phi) is 6.46. The second-order valence-corrected chi connectivity index (χ2v) is 13.7. The van der Waals surface area contributed by atoms with Crippen LogP contribution in [0.25, 0.3) is 0 Å². The van der Waals surface area contributed by atoms with E-state index in [4.69, 9.17) is 9.57 Å². The van der Waals surface area contributed by atoms with E-state index < -0.39 is 39.7 Å². The lowest BCUT2D eigenvalue weighted by atomic mass is 9.43. The molecular formula is C30H44FNO5. The second kappa shape index (κ2) is 8.80. The summed E-state index contributed by atoms with van der Waals surface area (Å²) in [6.45, 7) is 12.9. The van der Waals surface area contributed by atoms with Gasteiger partial charge >= 0.3 is 0 Å². The Morgan fingerprint density at radius 2 is 1.89 bits per heavy atom. The fourth-order valence-corrected chi connectivity index (χ4v) is 8.86. The normalized spacial score (nSPS) is 45.8. The van der Waals surface area contributed by atoms with Gasteiger partial charge in [0.15, 0.2) is 17.2 Å². The van der Waals surface area contributed by atoms with Gasteiger partial charge in [-0.25, -0.2) is 4.39 Å². The lowest BCUT2D eigenvalue weighted by Crippen LogP contribution is -2.68. The number of Topliss-reactive ketones (excluding diaryl/α,β-unsaturated/α-hetero) is 1. The van der Waals surface area contributed by atoms with Crippen molar-refractivity contribution in [3.63, 3.8) is 0 Å². The molecule has 6 nitrogen and oxygen atoms in total. The van der Waals surface area contributed by atoms with Crippen LogP contribution in [0.2, 0.25) is 0 Å².